The second kappa shape index (κ2) is 5.19. The SMILES string of the molecule is Cc1ccc(Nc2nc(N)ncc2[N+](=O)[O-])cc1Br. The summed E-state index contributed by atoms with van der Waals surface area (Å²) in [6.07, 6.45) is 1.08. The van der Waals surface area contributed by atoms with Crippen LogP contribution in [0.15, 0.2) is 28.9 Å². The first-order valence-corrected chi connectivity index (χ1v) is 6.07. The molecule has 0 aliphatic rings. The first-order valence-electron chi connectivity index (χ1n) is 5.27. The maximum Gasteiger partial charge on any atom is 0.329 e. The maximum absolute atomic E-state index is 10.9. The summed E-state index contributed by atoms with van der Waals surface area (Å²) in [5.41, 5.74) is 6.93. The Morgan fingerprint density at radius 3 is 2.84 bits per heavy atom. The summed E-state index contributed by atoms with van der Waals surface area (Å²) in [5.74, 6) is 0.0348. The van der Waals surface area contributed by atoms with Crippen molar-refractivity contribution in [1.82, 2.24) is 9.97 Å². The van der Waals surface area contributed by atoms with Gasteiger partial charge in [0.1, 0.15) is 6.20 Å². The van der Waals surface area contributed by atoms with Gasteiger partial charge in [-0.2, -0.15) is 4.98 Å². The lowest BCUT2D eigenvalue weighted by Gasteiger charge is -2.07. The van der Waals surface area contributed by atoms with Gasteiger partial charge in [-0.05, 0) is 24.6 Å². The summed E-state index contributed by atoms with van der Waals surface area (Å²) < 4.78 is 0.891. The van der Waals surface area contributed by atoms with Gasteiger partial charge in [0, 0.05) is 10.2 Å². The highest BCUT2D eigenvalue weighted by Gasteiger charge is 2.16. The van der Waals surface area contributed by atoms with Gasteiger partial charge in [0.2, 0.25) is 11.8 Å². The zero-order chi connectivity index (χ0) is 14.0. The molecule has 0 amide bonds. The Morgan fingerprint density at radius 1 is 1.47 bits per heavy atom. The number of hydrogen-bond donors (Lipinski definition) is 2. The van der Waals surface area contributed by atoms with Crippen molar-refractivity contribution in [3.63, 3.8) is 0 Å². The minimum Gasteiger partial charge on any atom is -0.368 e. The van der Waals surface area contributed by atoms with E-state index in [1.807, 2.05) is 13.0 Å². The molecule has 1 heterocycles. The van der Waals surface area contributed by atoms with E-state index >= 15 is 0 Å². The number of nitrogens with two attached hydrogens (primary N) is 1. The van der Waals surface area contributed by atoms with Crippen molar-refractivity contribution in [3.05, 3.63) is 44.5 Å². The Bertz CT molecular complexity index is 647. The fourth-order valence-corrected chi connectivity index (χ4v) is 1.80. The van der Waals surface area contributed by atoms with Crippen molar-refractivity contribution >= 4 is 39.1 Å². The second-order valence-electron chi connectivity index (χ2n) is 3.81. The average molecular weight is 324 g/mol. The van der Waals surface area contributed by atoms with Crippen molar-refractivity contribution in [1.29, 1.82) is 0 Å². The molecule has 2 aromatic rings. The van der Waals surface area contributed by atoms with E-state index in [2.05, 4.69) is 31.2 Å². The summed E-state index contributed by atoms with van der Waals surface area (Å²) in [7, 11) is 0. The van der Waals surface area contributed by atoms with Gasteiger partial charge >= 0.3 is 5.69 Å². The topological polar surface area (TPSA) is 107 Å². The predicted octanol–water partition coefficient (Wildman–Crippen LogP) is 2.78. The van der Waals surface area contributed by atoms with Gasteiger partial charge in [0.05, 0.1) is 4.92 Å². The number of halogens is 1. The Hall–Kier alpha value is -2.22. The van der Waals surface area contributed by atoms with Crippen LogP contribution < -0.4 is 11.1 Å². The van der Waals surface area contributed by atoms with E-state index in [1.165, 1.54) is 0 Å². The van der Waals surface area contributed by atoms with E-state index in [0.29, 0.717) is 5.69 Å². The first kappa shape index (κ1) is 13.2. The molecule has 98 valence electrons. The average Bonchev–Trinajstić information content (AvgIpc) is 2.33. The fraction of sp³-hybridized carbons (Fsp3) is 0.0909. The van der Waals surface area contributed by atoms with Crippen LogP contribution in [0.4, 0.5) is 23.1 Å². The third-order valence-electron chi connectivity index (χ3n) is 2.42. The summed E-state index contributed by atoms with van der Waals surface area (Å²) in [6, 6.07) is 5.47. The van der Waals surface area contributed by atoms with Crippen LogP contribution in [0.25, 0.3) is 0 Å². The highest BCUT2D eigenvalue weighted by molar-refractivity contribution is 9.10. The number of aryl methyl sites for hydroxylation is 1. The van der Waals surface area contributed by atoms with Crippen LogP contribution in [0.5, 0.6) is 0 Å². The fourth-order valence-electron chi connectivity index (χ4n) is 1.42. The molecule has 0 spiro atoms. The van der Waals surface area contributed by atoms with Crippen LogP contribution in [-0.2, 0) is 0 Å². The molecule has 0 saturated carbocycles. The minimum absolute atomic E-state index is 0.0284. The quantitative estimate of drug-likeness (QED) is 0.664. The van der Waals surface area contributed by atoms with Crippen molar-refractivity contribution in [2.24, 2.45) is 0 Å². The van der Waals surface area contributed by atoms with Crippen molar-refractivity contribution in [2.45, 2.75) is 6.92 Å². The summed E-state index contributed by atoms with van der Waals surface area (Å²) in [6.45, 7) is 1.94. The highest BCUT2D eigenvalue weighted by Crippen LogP contribution is 2.27. The molecule has 8 heteroatoms. The summed E-state index contributed by atoms with van der Waals surface area (Å²) in [4.78, 5) is 17.8. The third kappa shape index (κ3) is 2.97. The van der Waals surface area contributed by atoms with Gasteiger partial charge in [0.25, 0.3) is 0 Å². The Kier molecular flexibility index (Phi) is 3.61. The van der Waals surface area contributed by atoms with E-state index < -0.39 is 4.92 Å². The van der Waals surface area contributed by atoms with Crippen LogP contribution in [-0.4, -0.2) is 14.9 Å². The number of nitrogens with one attached hydrogen (secondary N) is 1. The molecule has 1 aromatic carbocycles. The lowest BCUT2D eigenvalue weighted by atomic mass is 10.2. The predicted molar refractivity (Wildman–Crippen MR) is 75.3 cm³/mol. The van der Waals surface area contributed by atoms with E-state index in [9.17, 15) is 10.1 Å². The number of rotatable bonds is 3. The highest BCUT2D eigenvalue weighted by atomic mass is 79.9. The van der Waals surface area contributed by atoms with Gasteiger partial charge < -0.3 is 11.1 Å². The number of nitrogen functional groups attached to an aromatic ring is 1. The van der Waals surface area contributed by atoms with Crippen LogP contribution in [0.1, 0.15) is 5.56 Å². The van der Waals surface area contributed by atoms with E-state index in [1.54, 1.807) is 12.1 Å². The molecule has 0 atom stereocenters. The van der Waals surface area contributed by atoms with E-state index in [4.69, 9.17) is 5.73 Å². The number of hydrogen-bond acceptors (Lipinski definition) is 6. The third-order valence-corrected chi connectivity index (χ3v) is 3.27. The molecule has 0 aliphatic heterocycles. The number of benzene rings is 1. The van der Waals surface area contributed by atoms with Gasteiger partial charge in [-0.15, -0.1) is 0 Å². The molecule has 3 N–H and O–H groups in total. The van der Waals surface area contributed by atoms with Gasteiger partial charge in [-0.25, -0.2) is 4.98 Å². The number of aromatic nitrogens is 2. The number of nitrogens with zero attached hydrogens (tertiary/aromatic N) is 3. The Morgan fingerprint density at radius 2 is 2.21 bits per heavy atom. The molecule has 0 unspecified atom stereocenters. The lowest BCUT2D eigenvalue weighted by Crippen LogP contribution is -2.04. The van der Waals surface area contributed by atoms with Gasteiger partial charge in [-0.1, -0.05) is 22.0 Å². The van der Waals surface area contributed by atoms with E-state index in [0.717, 1.165) is 16.2 Å². The molecule has 19 heavy (non-hydrogen) atoms. The molecule has 0 saturated heterocycles. The molecule has 0 bridgehead atoms. The normalized spacial score (nSPS) is 10.2. The standard InChI is InChI=1S/C11H10BrN5O2/c1-6-2-3-7(4-8(6)12)15-10-9(17(18)19)5-14-11(13)16-10/h2-5H,1H3,(H3,13,14,15,16). The van der Waals surface area contributed by atoms with Crippen molar-refractivity contribution in [3.8, 4) is 0 Å². The van der Waals surface area contributed by atoms with Crippen LogP contribution in [0.3, 0.4) is 0 Å². The largest absolute Gasteiger partial charge is 0.368 e. The van der Waals surface area contributed by atoms with Gasteiger partial charge in [0.15, 0.2) is 0 Å². The van der Waals surface area contributed by atoms with Gasteiger partial charge in [-0.3, -0.25) is 10.1 Å². The summed E-state index contributed by atoms with van der Waals surface area (Å²) in [5, 5.41) is 13.7. The smallest absolute Gasteiger partial charge is 0.329 e. The Labute approximate surface area is 117 Å². The molecule has 1 aromatic heterocycles. The molecular weight excluding hydrogens is 314 g/mol. The summed E-state index contributed by atoms with van der Waals surface area (Å²) >= 11 is 3.39. The van der Waals surface area contributed by atoms with Crippen LogP contribution in [0.2, 0.25) is 0 Å². The van der Waals surface area contributed by atoms with Crippen LogP contribution >= 0.6 is 15.9 Å². The number of nitro groups is 1. The minimum atomic E-state index is -0.564. The zero-order valence-corrected chi connectivity index (χ0v) is 11.5. The van der Waals surface area contributed by atoms with Crippen molar-refractivity contribution < 1.29 is 4.92 Å². The molecule has 0 fully saturated rings. The monoisotopic (exact) mass is 323 g/mol. The van der Waals surface area contributed by atoms with Crippen molar-refractivity contribution in [2.75, 3.05) is 11.1 Å². The number of anilines is 3. The molecule has 0 radical (unpaired) electrons. The lowest BCUT2D eigenvalue weighted by molar-refractivity contribution is -0.384. The Balaban J connectivity index is 2.39. The maximum atomic E-state index is 10.9. The van der Waals surface area contributed by atoms with E-state index in [-0.39, 0.29) is 17.5 Å². The molecule has 0 aliphatic carbocycles. The molecular formula is C11H10BrN5O2. The molecule has 7 nitrogen and oxygen atoms in total. The van der Waals surface area contributed by atoms with Crippen LogP contribution in [0, 0.1) is 17.0 Å². The zero-order valence-electron chi connectivity index (χ0n) is 9.92. The second-order valence-corrected chi connectivity index (χ2v) is 4.66. The first-order chi connectivity index (χ1) is 8.97. The molecule has 2 rings (SSSR count).